The van der Waals surface area contributed by atoms with Gasteiger partial charge in [-0.3, -0.25) is 0 Å². The molecule has 2 rings (SSSR count). The van der Waals surface area contributed by atoms with Crippen LogP contribution in [0.1, 0.15) is 0 Å². The van der Waals surface area contributed by atoms with Gasteiger partial charge in [-0.1, -0.05) is 6.07 Å². The van der Waals surface area contributed by atoms with Gasteiger partial charge in [-0.25, -0.2) is 8.42 Å². The van der Waals surface area contributed by atoms with E-state index in [0.29, 0.717) is 0 Å². The third-order valence-corrected chi connectivity index (χ3v) is 3.19. The molecule has 0 spiro atoms. The number of rotatable bonds is 1. The molecule has 15 heavy (non-hydrogen) atoms. The molecule has 0 fully saturated rings. The minimum Gasteiger partial charge on any atom is -0.483 e. The zero-order valence-electron chi connectivity index (χ0n) is 7.38. The minimum atomic E-state index is -3.91. The van der Waals surface area contributed by atoms with Gasteiger partial charge >= 0.3 is 0 Å². The van der Waals surface area contributed by atoms with E-state index in [4.69, 9.17) is 25.3 Å². The third-order valence-electron chi connectivity index (χ3n) is 1.84. The van der Waals surface area contributed by atoms with E-state index in [1.54, 1.807) is 0 Å². The Hall–Kier alpha value is -0.980. The summed E-state index contributed by atoms with van der Waals surface area (Å²) in [5.41, 5.74) is 0. The zero-order chi connectivity index (χ0) is 11.1. The fraction of sp³-hybridized carbons (Fsp3) is 0.250. The van der Waals surface area contributed by atoms with Gasteiger partial charge < -0.3 is 14.6 Å². The fourth-order valence-electron chi connectivity index (χ4n) is 1.25. The topological polar surface area (TPSA) is 72.8 Å². The van der Waals surface area contributed by atoms with Crippen LogP contribution in [0.2, 0.25) is 0 Å². The number of fused-ring (bicyclic) bond motifs is 1. The standard InChI is InChI=1S/C8H7ClO5S/c9-15(11,12)6-3-1-2-5-8(6)14-7(10)4-13-5/h1-3,7,10H,4H2. The van der Waals surface area contributed by atoms with Gasteiger partial charge in [-0.05, 0) is 12.1 Å². The van der Waals surface area contributed by atoms with E-state index in [0.717, 1.165) is 0 Å². The van der Waals surface area contributed by atoms with E-state index in [-0.39, 0.29) is 23.0 Å². The molecule has 0 saturated carbocycles. The molecule has 0 radical (unpaired) electrons. The second-order valence-corrected chi connectivity index (χ2v) is 5.44. The Morgan fingerprint density at radius 2 is 2.20 bits per heavy atom. The first-order valence-corrected chi connectivity index (χ1v) is 6.34. The number of para-hydroxylation sites is 1. The van der Waals surface area contributed by atoms with Crippen molar-refractivity contribution < 1.29 is 23.0 Å². The van der Waals surface area contributed by atoms with E-state index < -0.39 is 15.3 Å². The van der Waals surface area contributed by atoms with E-state index in [9.17, 15) is 8.42 Å². The molecule has 1 aliphatic rings. The molecule has 0 aromatic heterocycles. The SMILES string of the molecule is O=S(=O)(Cl)c1cccc2c1OC(O)CO2. The summed E-state index contributed by atoms with van der Waals surface area (Å²) in [6.07, 6.45) is -1.18. The van der Waals surface area contributed by atoms with Crippen molar-refractivity contribution in [2.45, 2.75) is 11.2 Å². The molecule has 1 unspecified atom stereocenters. The van der Waals surface area contributed by atoms with Gasteiger partial charge in [0.25, 0.3) is 9.05 Å². The van der Waals surface area contributed by atoms with Crippen LogP contribution in [0.5, 0.6) is 11.5 Å². The average Bonchev–Trinajstić information content (AvgIpc) is 2.15. The lowest BCUT2D eigenvalue weighted by Crippen LogP contribution is -2.29. The Kier molecular flexibility index (Phi) is 2.49. The molecule has 1 N–H and O–H groups in total. The number of hydrogen-bond donors (Lipinski definition) is 1. The first-order chi connectivity index (χ1) is 6.98. The molecule has 82 valence electrons. The Bertz CT molecular complexity index is 484. The summed E-state index contributed by atoms with van der Waals surface area (Å²) >= 11 is 0. The number of halogens is 1. The maximum absolute atomic E-state index is 11.2. The molecule has 5 nitrogen and oxygen atoms in total. The molecule has 0 aliphatic carbocycles. The highest BCUT2D eigenvalue weighted by molar-refractivity contribution is 8.13. The molecule has 1 aromatic carbocycles. The molecule has 0 bridgehead atoms. The van der Waals surface area contributed by atoms with E-state index in [2.05, 4.69) is 0 Å². The Labute approximate surface area is 90.6 Å². The second-order valence-electron chi connectivity index (χ2n) is 2.90. The van der Waals surface area contributed by atoms with Gasteiger partial charge in [0, 0.05) is 10.7 Å². The van der Waals surface area contributed by atoms with Gasteiger partial charge in [-0.15, -0.1) is 0 Å². The van der Waals surface area contributed by atoms with Crippen LogP contribution in [-0.4, -0.2) is 26.4 Å². The van der Waals surface area contributed by atoms with Crippen molar-refractivity contribution in [3.63, 3.8) is 0 Å². The number of aliphatic hydroxyl groups excluding tert-OH is 1. The minimum absolute atomic E-state index is 0.0429. The normalized spacial score (nSPS) is 20.0. The van der Waals surface area contributed by atoms with Crippen molar-refractivity contribution in [1.29, 1.82) is 0 Å². The highest BCUT2D eigenvalue weighted by Gasteiger charge is 2.26. The largest absolute Gasteiger partial charge is 0.483 e. The van der Waals surface area contributed by atoms with Crippen LogP contribution in [-0.2, 0) is 9.05 Å². The summed E-state index contributed by atoms with van der Waals surface area (Å²) in [6, 6.07) is 4.30. The lowest BCUT2D eigenvalue weighted by molar-refractivity contribution is -0.0690. The van der Waals surface area contributed by atoms with Crippen molar-refractivity contribution in [1.82, 2.24) is 0 Å². The van der Waals surface area contributed by atoms with Gasteiger partial charge in [0.2, 0.25) is 6.29 Å². The van der Waals surface area contributed by atoms with Crippen molar-refractivity contribution >= 4 is 19.7 Å². The van der Waals surface area contributed by atoms with Gasteiger partial charge in [0.1, 0.15) is 4.90 Å². The van der Waals surface area contributed by atoms with Crippen LogP contribution in [0.4, 0.5) is 0 Å². The lowest BCUT2D eigenvalue weighted by atomic mass is 10.3. The Balaban J connectivity index is 2.59. The van der Waals surface area contributed by atoms with Crippen LogP contribution in [0, 0.1) is 0 Å². The van der Waals surface area contributed by atoms with Crippen LogP contribution < -0.4 is 9.47 Å². The zero-order valence-corrected chi connectivity index (χ0v) is 8.96. The highest BCUT2D eigenvalue weighted by Crippen LogP contribution is 2.38. The van der Waals surface area contributed by atoms with Gasteiger partial charge in [-0.2, -0.15) is 0 Å². The first kappa shape index (κ1) is 10.5. The van der Waals surface area contributed by atoms with Gasteiger partial charge in [0.05, 0.1) is 0 Å². The van der Waals surface area contributed by atoms with Gasteiger partial charge in [0.15, 0.2) is 18.1 Å². The molecule has 1 atom stereocenters. The summed E-state index contributed by atoms with van der Waals surface area (Å²) in [4.78, 5) is -0.208. The van der Waals surface area contributed by atoms with E-state index in [1.165, 1.54) is 18.2 Å². The van der Waals surface area contributed by atoms with Crippen LogP contribution in [0.15, 0.2) is 23.1 Å². The number of benzene rings is 1. The monoisotopic (exact) mass is 250 g/mol. The molecule has 1 aromatic rings. The smallest absolute Gasteiger partial charge is 0.265 e. The molecule has 0 amide bonds. The van der Waals surface area contributed by atoms with Crippen LogP contribution in [0.25, 0.3) is 0 Å². The van der Waals surface area contributed by atoms with E-state index in [1.807, 2.05) is 0 Å². The second kappa shape index (κ2) is 3.55. The number of ether oxygens (including phenoxy) is 2. The Morgan fingerprint density at radius 1 is 1.47 bits per heavy atom. The molecular formula is C8H7ClO5S. The summed E-state index contributed by atoms with van der Waals surface area (Å²) in [7, 11) is 1.29. The maximum Gasteiger partial charge on any atom is 0.265 e. The molecule has 1 aliphatic heterocycles. The van der Waals surface area contributed by atoms with Crippen molar-refractivity contribution in [3.05, 3.63) is 18.2 Å². The van der Waals surface area contributed by atoms with Crippen molar-refractivity contribution in [3.8, 4) is 11.5 Å². The molecule has 0 saturated heterocycles. The lowest BCUT2D eigenvalue weighted by Gasteiger charge is -2.23. The molecule has 7 heteroatoms. The predicted molar refractivity (Wildman–Crippen MR) is 51.6 cm³/mol. The predicted octanol–water partition coefficient (Wildman–Crippen LogP) is 0.704. The number of hydrogen-bond acceptors (Lipinski definition) is 5. The van der Waals surface area contributed by atoms with Crippen molar-refractivity contribution in [2.75, 3.05) is 6.61 Å². The van der Waals surface area contributed by atoms with E-state index >= 15 is 0 Å². The maximum atomic E-state index is 11.2. The summed E-state index contributed by atoms with van der Waals surface area (Å²) in [5, 5.41) is 9.16. The number of aliphatic hydroxyl groups is 1. The molecular weight excluding hydrogens is 244 g/mol. The van der Waals surface area contributed by atoms with Crippen molar-refractivity contribution in [2.24, 2.45) is 0 Å². The molecule has 1 heterocycles. The highest BCUT2D eigenvalue weighted by atomic mass is 35.7. The third kappa shape index (κ3) is 2.01. The summed E-state index contributed by atoms with van der Waals surface area (Å²) in [6.45, 7) is -0.0429. The average molecular weight is 251 g/mol. The van der Waals surface area contributed by atoms with Crippen LogP contribution >= 0.6 is 10.7 Å². The summed E-state index contributed by atoms with van der Waals surface area (Å²) < 4.78 is 32.3. The first-order valence-electron chi connectivity index (χ1n) is 4.03. The fourth-order valence-corrected chi connectivity index (χ4v) is 2.22. The quantitative estimate of drug-likeness (QED) is 0.743. The Morgan fingerprint density at radius 3 is 2.87 bits per heavy atom. The summed E-state index contributed by atoms with van der Waals surface area (Å²) in [5.74, 6) is 0.202. The van der Waals surface area contributed by atoms with Crippen LogP contribution in [0.3, 0.4) is 0 Å².